The third-order valence-corrected chi connectivity index (χ3v) is 2.38. The number of ether oxygens (including phenoxy) is 1. The van der Waals surface area contributed by atoms with Gasteiger partial charge in [-0.25, -0.2) is 0 Å². The van der Waals surface area contributed by atoms with E-state index in [1.165, 1.54) is 0 Å². The summed E-state index contributed by atoms with van der Waals surface area (Å²) in [5.74, 6) is -0.0676. The Balaban J connectivity index is 3.10. The Morgan fingerprint density at radius 3 is 2.28 bits per heavy atom. The van der Waals surface area contributed by atoms with Crippen molar-refractivity contribution < 1.29 is 9.53 Å². The average molecular weight is 247 g/mol. The van der Waals surface area contributed by atoms with Crippen molar-refractivity contribution in [3.05, 3.63) is 41.7 Å². The fraction of sp³-hybridized carbons (Fsp3) is 0.400. The minimum absolute atomic E-state index is 0.0676. The van der Waals surface area contributed by atoms with Crippen LogP contribution < -0.4 is 5.32 Å². The van der Waals surface area contributed by atoms with Crippen molar-refractivity contribution in [2.45, 2.75) is 33.2 Å². The van der Waals surface area contributed by atoms with Gasteiger partial charge in [-0.3, -0.25) is 4.79 Å². The Hall–Kier alpha value is -1.77. The summed E-state index contributed by atoms with van der Waals surface area (Å²) in [4.78, 5) is 12.2. The van der Waals surface area contributed by atoms with Crippen LogP contribution >= 0.6 is 0 Å². The summed E-state index contributed by atoms with van der Waals surface area (Å²) in [6.07, 6.45) is 1.64. The van der Waals surface area contributed by atoms with E-state index >= 15 is 0 Å². The molecular formula is C15H21NO2. The van der Waals surface area contributed by atoms with Crippen molar-refractivity contribution in [2.75, 3.05) is 7.11 Å². The average Bonchev–Trinajstić information content (AvgIpc) is 2.27. The van der Waals surface area contributed by atoms with Crippen LogP contribution in [0.4, 0.5) is 0 Å². The van der Waals surface area contributed by atoms with Crippen LogP contribution in [0.25, 0.3) is 5.57 Å². The van der Waals surface area contributed by atoms with Gasteiger partial charge in [0.05, 0.1) is 13.4 Å². The molecule has 0 aliphatic heterocycles. The van der Waals surface area contributed by atoms with E-state index in [1.54, 1.807) is 13.4 Å². The van der Waals surface area contributed by atoms with E-state index < -0.39 is 0 Å². The quantitative estimate of drug-likeness (QED) is 0.833. The molecular weight excluding hydrogens is 226 g/mol. The summed E-state index contributed by atoms with van der Waals surface area (Å²) >= 11 is 0. The van der Waals surface area contributed by atoms with E-state index in [-0.39, 0.29) is 11.4 Å². The number of nitrogens with one attached hydrogen (secondary N) is 1. The van der Waals surface area contributed by atoms with Crippen molar-refractivity contribution in [3.63, 3.8) is 0 Å². The number of rotatable bonds is 3. The number of carbonyl (C=O) groups is 1. The molecule has 98 valence electrons. The number of hydrogen-bond donors (Lipinski definition) is 1. The first kappa shape index (κ1) is 14.3. The van der Waals surface area contributed by atoms with E-state index in [0.29, 0.717) is 5.56 Å². The lowest BCUT2D eigenvalue weighted by atomic mass is 10.00. The number of carbonyl (C=O) groups excluding carboxylic acids is 1. The Morgan fingerprint density at radius 1 is 1.22 bits per heavy atom. The lowest BCUT2D eigenvalue weighted by Crippen LogP contribution is -2.40. The molecule has 1 aromatic rings. The fourth-order valence-corrected chi connectivity index (χ4v) is 1.67. The first-order valence-electron chi connectivity index (χ1n) is 5.96. The van der Waals surface area contributed by atoms with Crippen LogP contribution in [-0.4, -0.2) is 18.6 Å². The predicted molar refractivity (Wildman–Crippen MR) is 74.3 cm³/mol. The number of allylic oxidation sites excluding steroid dienone is 1. The van der Waals surface area contributed by atoms with Gasteiger partial charge in [0.25, 0.3) is 5.91 Å². The molecule has 0 aliphatic carbocycles. The molecule has 0 saturated heterocycles. The van der Waals surface area contributed by atoms with E-state index in [2.05, 4.69) is 5.32 Å². The highest BCUT2D eigenvalue weighted by molar-refractivity contribution is 5.99. The molecule has 1 aromatic carbocycles. The fourth-order valence-electron chi connectivity index (χ4n) is 1.67. The van der Waals surface area contributed by atoms with Gasteiger partial charge in [0.2, 0.25) is 0 Å². The summed E-state index contributed by atoms with van der Waals surface area (Å²) in [6, 6.07) is 7.52. The number of benzene rings is 1. The van der Waals surface area contributed by atoms with Crippen LogP contribution in [0, 0.1) is 0 Å². The van der Waals surface area contributed by atoms with Crippen LogP contribution in [0.15, 0.2) is 30.5 Å². The first-order valence-corrected chi connectivity index (χ1v) is 5.96. The largest absolute Gasteiger partial charge is 0.504 e. The number of hydrogen-bond acceptors (Lipinski definition) is 2. The van der Waals surface area contributed by atoms with Gasteiger partial charge in [-0.05, 0) is 44.9 Å². The molecule has 3 nitrogen and oxygen atoms in total. The molecule has 0 bridgehead atoms. The molecule has 3 heteroatoms. The Kier molecular flexibility index (Phi) is 4.54. The SMILES string of the molecule is CO/C=C(\C)c1ccccc1C(=O)NC(C)(C)C. The third kappa shape index (κ3) is 3.91. The van der Waals surface area contributed by atoms with Gasteiger partial charge in [0.1, 0.15) is 0 Å². The minimum atomic E-state index is -0.247. The zero-order valence-corrected chi connectivity index (χ0v) is 11.7. The van der Waals surface area contributed by atoms with Crippen LogP contribution in [0.2, 0.25) is 0 Å². The Labute approximate surface area is 109 Å². The van der Waals surface area contributed by atoms with Crippen molar-refractivity contribution in [1.82, 2.24) is 5.32 Å². The second kappa shape index (κ2) is 5.71. The van der Waals surface area contributed by atoms with E-state index in [0.717, 1.165) is 11.1 Å². The van der Waals surface area contributed by atoms with Crippen molar-refractivity contribution in [2.24, 2.45) is 0 Å². The molecule has 0 aliphatic rings. The molecule has 0 fully saturated rings. The highest BCUT2D eigenvalue weighted by Gasteiger charge is 2.18. The summed E-state index contributed by atoms with van der Waals surface area (Å²) in [7, 11) is 1.60. The normalized spacial score (nSPS) is 12.2. The smallest absolute Gasteiger partial charge is 0.252 e. The monoisotopic (exact) mass is 247 g/mol. The zero-order valence-electron chi connectivity index (χ0n) is 11.7. The predicted octanol–water partition coefficient (Wildman–Crippen LogP) is 3.22. The summed E-state index contributed by atoms with van der Waals surface area (Å²) < 4.78 is 5.00. The molecule has 0 atom stereocenters. The van der Waals surface area contributed by atoms with Crippen LogP contribution in [0.5, 0.6) is 0 Å². The highest BCUT2D eigenvalue weighted by Crippen LogP contribution is 2.19. The van der Waals surface area contributed by atoms with Crippen molar-refractivity contribution in [1.29, 1.82) is 0 Å². The maximum absolute atomic E-state index is 12.2. The summed E-state index contributed by atoms with van der Waals surface area (Å²) in [5, 5.41) is 2.97. The van der Waals surface area contributed by atoms with Crippen LogP contribution in [-0.2, 0) is 4.74 Å². The molecule has 18 heavy (non-hydrogen) atoms. The van der Waals surface area contributed by atoms with Gasteiger partial charge in [-0.1, -0.05) is 18.2 Å². The molecule has 0 aromatic heterocycles. The standard InChI is InChI=1S/C15H21NO2/c1-11(10-18-5)12-8-6-7-9-13(12)14(17)16-15(2,3)4/h6-10H,1-5H3,(H,16,17)/b11-10+. The molecule has 0 heterocycles. The van der Waals surface area contributed by atoms with E-state index in [9.17, 15) is 4.79 Å². The van der Waals surface area contributed by atoms with Crippen LogP contribution in [0.1, 0.15) is 43.6 Å². The van der Waals surface area contributed by atoms with E-state index in [4.69, 9.17) is 4.74 Å². The van der Waals surface area contributed by atoms with Gasteiger partial charge in [0.15, 0.2) is 0 Å². The van der Waals surface area contributed by atoms with Gasteiger partial charge in [0, 0.05) is 11.1 Å². The maximum atomic E-state index is 12.2. The van der Waals surface area contributed by atoms with Gasteiger partial charge in [-0.15, -0.1) is 0 Å². The topological polar surface area (TPSA) is 38.3 Å². The van der Waals surface area contributed by atoms with Gasteiger partial charge < -0.3 is 10.1 Å². The Morgan fingerprint density at radius 2 is 1.78 bits per heavy atom. The zero-order chi connectivity index (χ0) is 13.8. The van der Waals surface area contributed by atoms with Crippen molar-refractivity contribution >= 4 is 11.5 Å². The minimum Gasteiger partial charge on any atom is -0.504 e. The lowest BCUT2D eigenvalue weighted by molar-refractivity contribution is 0.0919. The molecule has 0 radical (unpaired) electrons. The second-order valence-corrected chi connectivity index (χ2v) is 5.29. The summed E-state index contributed by atoms with van der Waals surface area (Å²) in [6.45, 7) is 7.81. The van der Waals surface area contributed by atoms with Gasteiger partial charge >= 0.3 is 0 Å². The van der Waals surface area contributed by atoms with Gasteiger partial charge in [-0.2, -0.15) is 0 Å². The number of amides is 1. The third-order valence-electron chi connectivity index (χ3n) is 2.38. The second-order valence-electron chi connectivity index (χ2n) is 5.29. The number of methoxy groups -OCH3 is 1. The Bertz CT molecular complexity index is 456. The van der Waals surface area contributed by atoms with E-state index in [1.807, 2.05) is 52.0 Å². The van der Waals surface area contributed by atoms with Crippen LogP contribution in [0.3, 0.4) is 0 Å². The lowest BCUT2D eigenvalue weighted by Gasteiger charge is -2.21. The maximum Gasteiger partial charge on any atom is 0.252 e. The first-order chi connectivity index (χ1) is 8.35. The summed E-state index contributed by atoms with van der Waals surface area (Å²) in [5.41, 5.74) is 2.24. The molecule has 1 N–H and O–H groups in total. The van der Waals surface area contributed by atoms with Crippen molar-refractivity contribution in [3.8, 4) is 0 Å². The molecule has 0 saturated carbocycles. The highest BCUT2D eigenvalue weighted by atomic mass is 16.5. The molecule has 0 unspecified atom stereocenters. The molecule has 0 spiro atoms. The molecule has 1 rings (SSSR count). The molecule has 1 amide bonds.